The molecule has 0 spiro atoms. The van der Waals surface area contributed by atoms with E-state index in [1.807, 2.05) is 6.92 Å². The lowest BCUT2D eigenvalue weighted by Crippen LogP contribution is -2.39. The number of halogens is 2. The smallest absolute Gasteiger partial charge is 0.130 e. The van der Waals surface area contributed by atoms with E-state index in [0.29, 0.717) is 18.6 Å². The standard InChI is InChI=1S/C17H25F2NO2/c1-2-17(15-5-4-13(18)12-16(15)19)20-8-6-14(7-9-20)22-11-3-10-21/h4-5,12,14,17,21H,2-3,6-11H2,1H3. The van der Waals surface area contributed by atoms with E-state index in [-0.39, 0.29) is 18.8 Å². The molecule has 0 bridgehead atoms. The van der Waals surface area contributed by atoms with E-state index in [1.54, 1.807) is 6.07 Å². The topological polar surface area (TPSA) is 32.7 Å². The summed E-state index contributed by atoms with van der Waals surface area (Å²) in [5.41, 5.74) is 0.573. The van der Waals surface area contributed by atoms with E-state index in [0.717, 1.165) is 38.4 Å². The van der Waals surface area contributed by atoms with Crippen molar-refractivity contribution in [2.45, 2.75) is 44.8 Å². The van der Waals surface area contributed by atoms with Crippen LogP contribution in [0.4, 0.5) is 8.78 Å². The van der Waals surface area contributed by atoms with Gasteiger partial charge in [0.1, 0.15) is 11.6 Å². The van der Waals surface area contributed by atoms with Gasteiger partial charge in [-0.15, -0.1) is 0 Å². The highest BCUT2D eigenvalue weighted by atomic mass is 19.1. The monoisotopic (exact) mass is 313 g/mol. The summed E-state index contributed by atoms with van der Waals surface area (Å²) in [5, 5.41) is 8.76. The summed E-state index contributed by atoms with van der Waals surface area (Å²) in [6.45, 7) is 4.46. The molecule has 1 aromatic rings. The highest BCUT2D eigenvalue weighted by molar-refractivity contribution is 5.22. The van der Waals surface area contributed by atoms with Crippen LogP contribution in [0.2, 0.25) is 0 Å². The van der Waals surface area contributed by atoms with Crippen molar-refractivity contribution in [2.75, 3.05) is 26.3 Å². The third-order valence-electron chi connectivity index (χ3n) is 4.28. The molecule has 1 aromatic carbocycles. The lowest BCUT2D eigenvalue weighted by Gasteiger charge is -2.37. The quantitative estimate of drug-likeness (QED) is 0.784. The van der Waals surface area contributed by atoms with Gasteiger partial charge in [-0.05, 0) is 31.7 Å². The molecule has 0 aromatic heterocycles. The van der Waals surface area contributed by atoms with Gasteiger partial charge in [-0.2, -0.15) is 0 Å². The van der Waals surface area contributed by atoms with E-state index in [4.69, 9.17) is 9.84 Å². The number of aliphatic hydroxyl groups is 1. The Labute approximate surface area is 130 Å². The molecule has 0 amide bonds. The molecule has 5 heteroatoms. The Morgan fingerprint density at radius 1 is 1.32 bits per heavy atom. The number of benzene rings is 1. The first-order chi connectivity index (χ1) is 10.7. The summed E-state index contributed by atoms with van der Waals surface area (Å²) in [6, 6.07) is 3.83. The first-order valence-corrected chi connectivity index (χ1v) is 8.07. The van der Waals surface area contributed by atoms with Crippen molar-refractivity contribution in [1.29, 1.82) is 0 Å². The van der Waals surface area contributed by atoms with Gasteiger partial charge >= 0.3 is 0 Å². The summed E-state index contributed by atoms with van der Waals surface area (Å²) < 4.78 is 32.8. The predicted molar refractivity (Wildman–Crippen MR) is 81.6 cm³/mol. The highest BCUT2D eigenvalue weighted by Crippen LogP contribution is 2.30. The zero-order chi connectivity index (χ0) is 15.9. The number of hydrogen-bond acceptors (Lipinski definition) is 3. The Hall–Kier alpha value is -1.04. The van der Waals surface area contributed by atoms with Gasteiger partial charge in [-0.1, -0.05) is 13.0 Å². The maximum Gasteiger partial charge on any atom is 0.130 e. The molecule has 1 N–H and O–H groups in total. The number of likely N-dealkylation sites (tertiary alicyclic amines) is 1. The van der Waals surface area contributed by atoms with E-state index >= 15 is 0 Å². The molecule has 1 aliphatic heterocycles. The molecule has 22 heavy (non-hydrogen) atoms. The highest BCUT2D eigenvalue weighted by Gasteiger charge is 2.27. The van der Waals surface area contributed by atoms with E-state index in [2.05, 4.69) is 4.90 Å². The van der Waals surface area contributed by atoms with Gasteiger partial charge in [0.25, 0.3) is 0 Å². The fourth-order valence-electron chi connectivity index (χ4n) is 3.12. The Balaban J connectivity index is 1.93. The minimum absolute atomic E-state index is 0.0148. The van der Waals surface area contributed by atoms with Crippen molar-refractivity contribution in [3.05, 3.63) is 35.4 Å². The molecule has 2 rings (SSSR count). The maximum absolute atomic E-state index is 14.0. The first-order valence-electron chi connectivity index (χ1n) is 8.07. The maximum atomic E-state index is 14.0. The average molecular weight is 313 g/mol. The third kappa shape index (κ3) is 4.48. The zero-order valence-electron chi connectivity index (χ0n) is 13.1. The normalized spacial score (nSPS) is 18.5. The molecule has 124 valence electrons. The van der Waals surface area contributed by atoms with Crippen LogP contribution in [0.1, 0.15) is 44.2 Å². The van der Waals surface area contributed by atoms with Gasteiger partial charge in [-0.3, -0.25) is 4.90 Å². The van der Waals surface area contributed by atoms with Crippen LogP contribution >= 0.6 is 0 Å². The largest absolute Gasteiger partial charge is 0.396 e. The van der Waals surface area contributed by atoms with Crippen molar-refractivity contribution in [1.82, 2.24) is 4.90 Å². The second-order valence-electron chi connectivity index (χ2n) is 5.77. The number of nitrogens with zero attached hydrogens (tertiary/aromatic N) is 1. The van der Waals surface area contributed by atoms with Crippen molar-refractivity contribution in [3.63, 3.8) is 0 Å². The molecular formula is C17H25F2NO2. The van der Waals surface area contributed by atoms with Gasteiger partial charge < -0.3 is 9.84 Å². The summed E-state index contributed by atoms with van der Waals surface area (Å²) in [7, 11) is 0. The van der Waals surface area contributed by atoms with Gasteiger partial charge in [-0.25, -0.2) is 8.78 Å². The van der Waals surface area contributed by atoms with E-state index in [1.165, 1.54) is 6.07 Å². The fourth-order valence-corrected chi connectivity index (χ4v) is 3.12. The van der Waals surface area contributed by atoms with E-state index in [9.17, 15) is 8.78 Å². The SMILES string of the molecule is CCC(c1ccc(F)cc1F)N1CCC(OCCCO)CC1. The Kier molecular flexibility index (Phi) is 6.73. The van der Waals surface area contributed by atoms with Crippen LogP contribution < -0.4 is 0 Å². The molecule has 1 atom stereocenters. The summed E-state index contributed by atoms with van der Waals surface area (Å²) in [4.78, 5) is 2.25. The predicted octanol–water partition coefficient (Wildman–Crippen LogP) is 3.28. The molecule has 1 fully saturated rings. The third-order valence-corrected chi connectivity index (χ3v) is 4.28. The van der Waals surface area contributed by atoms with Gasteiger partial charge in [0.05, 0.1) is 6.10 Å². The summed E-state index contributed by atoms with van der Waals surface area (Å²) in [6.07, 6.45) is 3.49. The molecule has 0 radical (unpaired) electrons. The number of hydrogen-bond donors (Lipinski definition) is 1. The second kappa shape index (κ2) is 8.56. The second-order valence-corrected chi connectivity index (χ2v) is 5.77. The van der Waals surface area contributed by atoms with Crippen molar-refractivity contribution < 1.29 is 18.6 Å². The molecule has 1 heterocycles. The summed E-state index contributed by atoms with van der Waals surface area (Å²) in [5.74, 6) is -1.000. The Bertz CT molecular complexity index is 462. The number of rotatable bonds is 7. The van der Waals surface area contributed by atoms with Crippen LogP contribution in [0, 0.1) is 11.6 Å². The minimum Gasteiger partial charge on any atom is -0.396 e. The van der Waals surface area contributed by atoms with Crippen molar-refractivity contribution >= 4 is 0 Å². The van der Waals surface area contributed by atoms with Crippen molar-refractivity contribution in [2.24, 2.45) is 0 Å². The van der Waals surface area contributed by atoms with Crippen LogP contribution in [-0.2, 0) is 4.74 Å². The average Bonchev–Trinajstić information content (AvgIpc) is 2.52. The Morgan fingerprint density at radius 3 is 2.64 bits per heavy atom. The molecule has 0 aliphatic carbocycles. The molecule has 0 saturated carbocycles. The molecule has 1 saturated heterocycles. The lowest BCUT2D eigenvalue weighted by molar-refractivity contribution is -0.00745. The van der Waals surface area contributed by atoms with Crippen LogP contribution in [-0.4, -0.2) is 42.4 Å². The number of piperidine rings is 1. The van der Waals surface area contributed by atoms with Crippen LogP contribution in [0.15, 0.2) is 18.2 Å². The van der Waals surface area contributed by atoms with Crippen molar-refractivity contribution in [3.8, 4) is 0 Å². The number of aliphatic hydroxyl groups excluding tert-OH is 1. The first kappa shape index (κ1) is 17.3. The van der Waals surface area contributed by atoms with Gasteiger partial charge in [0.15, 0.2) is 0 Å². The Morgan fingerprint density at radius 2 is 2.05 bits per heavy atom. The number of ether oxygens (including phenoxy) is 1. The molecule has 1 unspecified atom stereocenters. The van der Waals surface area contributed by atoms with E-state index < -0.39 is 11.6 Å². The molecule has 3 nitrogen and oxygen atoms in total. The fraction of sp³-hybridized carbons (Fsp3) is 0.647. The van der Waals surface area contributed by atoms with Crippen LogP contribution in [0.5, 0.6) is 0 Å². The van der Waals surface area contributed by atoms with Gasteiger partial charge in [0, 0.05) is 44.0 Å². The zero-order valence-corrected chi connectivity index (χ0v) is 13.1. The lowest BCUT2D eigenvalue weighted by atomic mass is 9.98. The minimum atomic E-state index is -0.535. The summed E-state index contributed by atoms with van der Waals surface area (Å²) >= 11 is 0. The van der Waals surface area contributed by atoms with Gasteiger partial charge in [0.2, 0.25) is 0 Å². The van der Waals surface area contributed by atoms with Crippen LogP contribution in [0.3, 0.4) is 0 Å². The van der Waals surface area contributed by atoms with Crippen LogP contribution in [0.25, 0.3) is 0 Å². The molecule has 1 aliphatic rings. The molecular weight excluding hydrogens is 288 g/mol.